The van der Waals surface area contributed by atoms with E-state index in [2.05, 4.69) is 34.5 Å². The molecular formula is C13H26N4O. The Kier molecular flexibility index (Phi) is 5.12. The zero-order valence-corrected chi connectivity index (χ0v) is 11.6. The highest BCUT2D eigenvalue weighted by molar-refractivity contribution is 5.89. The Morgan fingerprint density at radius 3 is 1.83 bits per heavy atom. The number of carbonyl (C=O) groups excluding carboxylic acids is 1. The standard InChI is InChI=1S/C13H26N4O/c1-16-7-3-5-14-9-11(16)13(18)12-10-15-6-4-8-17(12)2/h11-12,14-15H,3-10H2,1-2H3. The topological polar surface area (TPSA) is 47.6 Å². The number of ketones is 1. The van der Waals surface area contributed by atoms with E-state index in [9.17, 15) is 4.79 Å². The molecule has 104 valence electrons. The molecule has 0 aromatic carbocycles. The van der Waals surface area contributed by atoms with Gasteiger partial charge >= 0.3 is 0 Å². The third kappa shape index (κ3) is 3.29. The van der Waals surface area contributed by atoms with E-state index in [-0.39, 0.29) is 12.1 Å². The van der Waals surface area contributed by atoms with Crippen LogP contribution in [-0.4, -0.2) is 81.0 Å². The van der Waals surface area contributed by atoms with Gasteiger partial charge in [-0.2, -0.15) is 0 Å². The Hall–Kier alpha value is -0.490. The van der Waals surface area contributed by atoms with Gasteiger partial charge in [0, 0.05) is 13.1 Å². The normalized spacial score (nSPS) is 32.8. The fraction of sp³-hybridized carbons (Fsp3) is 0.923. The molecule has 2 aliphatic heterocycles. The Morgan fingerprint density at radius 1 is 0.944 bits per heavy atom. The van der Waals surface area contributed by atoms with Crippen molar-refractivity contribution in [3.8, 4) is 0 Å². The Labute approximate surface area is 110 Å². The number of hydrogen-bond acceptors (Lipinski definition) is 5. The van der Waals surface area contributed by atoms with Crippen molar-refractivity contribution < 1.29 is 4.79 Å². The van der Waals surface area contributed by atoms with Crippen LogP contribution in [0.1, 0.15) is 12.8 Å². The minimum atomic E-state index is 0.0276. The van der Waals surface area contributed by atoms with E-state index in [1.54, 1.807) is 0 Å². The van der Waals surface area contributed by atoms with Crippen LogP contribution in [0.4, 0.5) is 0 Å². The fourth-order valence-electron chi connectivity index (χ4n) is 2.87. The van der Waals surface area contributed by atoms with Crippen LogP contribution in [0.2, 0.25) is 0 Å². The zero-order valence-electron chi connectivity index (χ0n) is 11.6. The van der Waals surface area contributed by atoms with E-state index < -0.39 is 0 Å². The molecule has 0 aromatic rings. The molecule has 2 N–H and O–H groups in total. The summed E-state index contributed by atoms with van der Waals surface area (Å²) < 4.78 is 0. The van der Waals surface area contributed by atoms with Gasteiger partial charge in [-0.15, -0.1) is 0 Å². The largest absolute Gasteiger partial charge is 0.315 e. The van der Waals surface area contributed by atoms with Gasteiger partial charge in [-0.25, -0.2) is 0 Å². The molecule has 5 nitrogen and oxygen atoms in total. The minimum Gasteiger partial charge on any atom is -0.315 e. The molecule has 2 unspecified atom stereocenters. The van der Waals surface area contributed by atoms with Crippen molar-refractivity contribution in [2.75, 3.05) is 53.4 Å². The predicted molar refractivity (Wildman–Crippen MR) is 72.8 cm³/mol. The highest BCUT2D eigenvalue weighted by Crippen LogP contribution is 2.10. The molecular weight excluding hydrogens is 228 g/mol. The highest BCUT2D eigenvalue weighted by Gasteiger charge is 2.33. The molecule has 18 heavy (non-hydrogen) atoms. The first-order valence-corrected chi connectivity index (χ1v) is 7.06. The summed E-state index contributed by atoms with van der Waals surface area (Å²) in [6, 6.07) is 0.0553. The van der Waals surface area contributed by atoms with Crippen LogP contribution < -0.4 is 10.6 Å². The molecule has 2 rings (SSSR count). The van der Waals surface area contributed by atoms with Crippen molar-refractivity contribution in [3.63, 3.8) is 0 Å². The molecule has 0 radical (unpaired) electrons. The Balaban J connectivity index is 2.03. The van der Waals surface area contributed by atoms with Crippen LogP contribution in [-0.2, 0) is 4.79 Å². The van der Waals surface area contributed by atoms with Crippen molar-refractivity contribution in [2.24, 2.45) is 0 Å². The molecule has 0 amide bonds. The van der Waals surface area contributed by atoms with Crippen LogP contribution in [0.3, 0.4) is 0 Å². The molecule has 0 bridgehead atoms. The van der Waals surface area contributed by atoms with Crippen molar-refractivity contribution in [3.05, 3.63) is 0 Å². The number of nitrogens with zero attached hydrogens (tertiary/aromatic N) is 2. The summed E-state index contributed by atoms with van der Waals surface area (Å²) in [7, 11) is 4.14. The lowest BCUT2D eigenvalue weighted by Gasteiger charge is -2.31. The smallest absolute Gasteiger partial charge is 0.169 e. The van der Waals surface area contributed by atoms with E-state index in [1.807, 2.05) is 0 Å². The van der Waals surface area contributed by atoms with E-state index in [4.69, 9.17) is 0 Å². The first-order valence-electron chi connectivity index (χ1n) is 7.06. The van der Waals surface area contributed by atoms with Crippen molar-refractivity contribution in [1.29, 1.82) is 0 Å². The number of Topliss-reactive ketones (excluding diaryl/α,β-unsaturated/α-hetero) is 1. The lowest BCUT2D eigenvalue weighted by molar-refractivity contribution is -0.128. The summed E-state index contributed by atoms with van der Waals surface area (Å²) >= 11 is 0. The molecule has 0 aliphatic carbocycles. The monoisotopic (exact) mass is 254 g/mol. The second-order valence-corrected chi connectivity index (χ2v) is 5.51. The van der Waals surface area contributed by atoms with Crippen molar-refractivity contribution in [2.45, 2.75) is 24.9 Å². The number of likely N-dealkylation sites (N-methyl/N-ethyl adjacent to an activating group) is 2. The molecule has 0 spiro atoms. The van der Waals surface area contributed by atoms with E-state index >= 15 is 0 Å². The third-order valence-electron chi connectivity index (χ3n) is 4.13. The molecule has 2 saturated heterocycles. The lowest BCUT2D eigenvalue weighted by Crippen LogP contribution is -2.54. The van der Waals surface area contributed by atoms with E-state index in [0.29, 0.717) is 5.78 Å². The van der Waals surface area contributed by atoms with Gasteiger partial charge in [0.15, 0.2) is 5.78 Å². The molecule has 0 saturated carbocycles. The summed E-state index contributed by atoms with van der Waals surface area (Å²) in [6.07, 6.45) is 2.25. The maximum atomic E-state index is 12.7. The van der Waals surface area contributed by atoms with Gasteiger partial charge in [0.1, 0.15) is 0 Å². The van der Waals surface area contributed by atoms with Gasteiger partial charge in [0.2, 0.25) is 0 Å². The first-order chi connectivity index (χ1) is 8.70. The Morgan fingerprint density at radius 2 is 1.39 bits per heavy atom. The average Bonchev–Trinajstić information content (AvgIpc) is 2.69. The molecule has 2 heterocycles. The van der Waals surface area contributed by atoms with Crippen LogP contribution in [0.15, 0.2) is 0 Å². The average molecular weight is 254 g/mol. The van der Waals surface area contributed by atoms with Crippen LogP contribution in [0, 0.1) is 0 Å². The summed E-state index contributed by atoms with van der Waals surface area (Å²) in [5.74, 6) is 0.365. The van der Waals surface area contributed by atoms with Crippen LogP contribution >= 0.6 is 0 Å². The quantitative estimate of drug-likeness (QED) is 0.672. The van der Waals surface area contributed by atoms with Crippen LogP contribution in [0.25, 0.3) is 0 Å². The third-order valence-corrected chi connectivity index (χ3v) is 4.13. The molecule has 5 heteroatoms. The summed E-state index contributed by atoms with van der Waals surface area (Å²) in [4.78, 5) is 17.1. The van der Waals surface area contributed by atoms with Gasteiger partial charge in [-0.3, -0.25) is 14.6 Å². The maximum Gasteiger partial charge on any atom is 0.169 e. The number of hydrogen-bond donors (Lipinski definition) is 2. The van der Waals surface area contributed by atoms with Crippen molar-refractivity contribution >= 4 is 5.78 Å². The second kappa shape index (κ2) is 6.61. The molecule has 2 fully saturated rings. The number of nitrogens with one attached hydrogen (secondary N) is 2. The molecule has 2 aliphatic rings. The zero-order chi connectivity index (χ0) is 13.0. The van der Waals surface area contributed by atoms with Gasteiger partial charge in [-0.05, 0) is 53.1 Å². The van der Waals surface area contributed by atoms with E-state index in [1.165, 1.54) is 0 Å². The van der Waals surface area contributed by atoms with Gasteiger partial charge in [0.25, 0.3) is 0 Å². The minimum absolute atomic E-state index is 0.0276. The van der Waals surface area contributed by atoms with Gasteiger partial charge in [-0.1, -0.05) is 0 Å². The molecule has 2 atom stereocenters. The first kappa shape index (κ1) is 13.9. The van der Waals surface area contributed by atoms with Gasteiger partial charge < -0.3 is 10.6 Å². The maximum absolute atomic E-state index is 12.7. The van der Waals surface area contributed by atoms with Crippen molar-refractivity contribution in [1.82, 2.24) is 20.4 Å². The summed E-state index contributed by atoms with van der Waals surface area (Å²) in [5.41, 5.74) is 0. The highest BCUT2D eigenvalue weighted by atomic mass is 16.1. The summed E-state index contributed by atoms with van der Waals surface area (Å²) in [5, 5.41) is 6.75. The summed E-state index contributed by atoms with van der Waals surface area (Å²) in [6.45, 7) is 5.64. The predicted octanol–water partition coefficient (Wildman–Crippen LogP) is -0.857. The lowest BCUT2D eigenvalue weighted by atomic mass is 10.0. The van der Waals surface area contributed by atoms with E-state index in [0.717, 1.165) is 52.1 Å². The number of rotatable bonds is 2. The SMILES string of the molecule is CN1CCCNCC1C(=O)C1CNCCCN1C. The van der Waals surface area contributed by atoms with Gasteiger partial charge in [0.05, 0.1) is 12.1 Å². The second-order valence-electron chi connectivity index (χ2n) is 5.51. The molecule has 0 aromatic heterocycles. The van der Waals surface area contributed by atoms with Crippen LogP contribution in [0.5, 0.6) is 0 Å². The number of carbonyl (C=O) groups is 1. The fourth-order valence-corrected chi connectivity index (χ4v) is 2.87. The Bertz CT molecular complexity index is 258.